The molecule has 118 valence electrons. The Bertz CT molecular complexity index is 594. The van der Waals surface area contributed by atoms with Gasteiger partial charge in [-0.25, -0.2) is 0 Å². The third-order valence-corrected chi connectivity index (χ3v) is 4.16. The lowest BCUT2D eigenvalue weighted by Crippen LogP contribution is -2.30. The fourth-order valence-corrected chi connectivity index (χ4v) is 2.35. The van der Waals surface area contributed by atoms with E-state index in [1.807, 2.05) is 26.0 Å². The van der Waals surface area contributed by atoms with E-state index in [1.165, 1.54) is 11.4 Å². The van der Waals surface area contributed by atoms with Crippen molar-refractivity contribution in [3.05, 3.63) is 47.5 Å². The first-order valence-electron chi connectivity index (χ1n) is 7.53. The minimum Gasteiger partial charge on any atom is -0.399 e. The Morgan fingerprint density at radius 2 is 1.09 bits per heavy atom. The van der Waals surface area contributed by atoms with Gasteiger partial charge in [0, 0.05) is 49.9 Å². The first kappa shape index (κ1) is 16.0. The largest absolute Gasteiger partial charge is 0.399 e. The number of rotatable bonds is 5. The van der Waals surface area contributed by atoms with Crippen LogP contribution in [0.4, 0.5) is 22.7 Å². The Morgan fingerprint density at radius 1 is 0.727 bits per heavy atom. The maximum atomic E-state index is 5.88. The molecule has 0 radical (unpaired) electrons. The Labute approximate surface area is 133 Å². The third-order valence-electron chi connectivity index (χ3n) is 4.16. The molecule has 0 aliphatic carbocycles. The Morgan fingerprint density at radius 3 is 1.41 bits per heavy atom. The van der Waals surface area contributed by atoms with Crippen LogP contribution in [-0.2, 0) is 0 Å². The van der Waals surface area contributed by atoms with E-state index in [9.17, 15) is 0 Å². The number of nitrogen functional groups attached to an aromatic ring is 2. The summed E-state index contributed by atoms with van der Waals surface area (Å²) < 4.78 is 0. The number of benzene rings is 2. The van der Waals surface area contributed by atoms with Gasteiger partial charge in [0.2, 0.25) is 0 Å². The second kappa shape index (κ2) is 6.60. The molecule has 0 saturated carbocycles. The zero-order valence-electron chi connectivity index (χ0n) is 13.9. The van der Waals surface area contributed by atoms with E-state index in [0.717, 1.165) is 35.6 Å². The number of anilines is 4. The number of nitrogens with zero attached hydrogens (tertiary/aromatic N) is 2. The van der Waals surface area contributed by atoms with Crippen molar-refractivity contribution in [3.8, 4) is 0 Å². The van der Waals surface area contributed by atoms with Crippen molar-refractivity contribution in [2.45, 2.75) is 13.8 Å². The van der Waals surface area contributed by atoms with E-state index in [1.54, 1.807) is 0 Å². The number of aryl methyl sites for hydroxylation is 2. The highest BCUT2D eigenvalue weighted by molar-refractivity contribution is 5.59. The van der Waals surface area contributed by atoms with Gasteiger partial charge < -0.3 is 21.3 Å². The van der Waals surface area contributed by atoms with Crippen LogP contribution in [0.5, 0.6) is 0 Å². The standard InChI is InChI=1S/C18H26N4/c1-13-11-15(5-7-17(13)19)21(3)9-10-22(4)16-6-8-18(20)14(2)12-16/h5-8,11-12H,9-10,19-20H2,1-4H3. The summed E-state index contributed by atoms with van der Waals surface area (Å²) in [5, 5.41) is 0. The molecule has 0 aliphatic rings. The van der Waals surface area contributed by atoms with E-state index in [2.05, 4.69) is 48.2 Å². The first-order chi connectivity index (χ1) is 10.4. The SMILES string of the molecule is Cc1cc(N(C)CCN(C)c2ccc(N)c(C)c2)ccc1N. The average Bonchev–Trinajstić information content (AvgIpc) is 2.50. The van der Waals surface area contributed by atoms with Crippen LogP contribution in [0.2, 0.25) is 0 Å². The molecule has 0 heterocycles. The molecular formula is C18H26N4. The minimum absolute atomic E-state index is 0.839. The zero-order valence-corrected chi connectivity index (χ0v) is 13.9. The fourth-order valence-electron chi connectivity index (χ4n) is 2.35. The van der Waals surface area contributed by atoms with Crippen molar-refractivity contribution in [2.24, 2.45) is 0 Å². The van der Waals surface area contributed by atoms with E-state index < -0.39 is 0 Å². The number of nitrogens with two attached hydrogens (primary N) is 2. The first-order valence-corrected chi connectivity index (χ1v) is 7.53. The monoisotopic (exact) mass is 298 g/mol. The number of likely N-dealkylation sites (N-methyl/N-ethyl adjacent to an activating group) is 2. The highest BCUT2D eigenvalue weighted by atomic mass is 15.2. The van der Waals surface area contributed by atoms with Crippen LogP contribution in [0.3, 0.4) is 0 Å². The molecule has 0 unspecified atom stereocenters. The molecule has 0 saturated heterocycles. The van der Waals surface area contributed by atoms with E-state index in [-0.39, 0.29) is 0 Å². The normalized spacial score (nSPS) is 10.5. The van der Waals surface area contributed by atoms with Gasteiger partial charge in [-0.05, 0) is 61.4 Å². The quantitative estimate of drug-likeness (QED) is 0.833. The third kappa shape index (κ3) is 3.64. The van der Waals surface area contributed by atoms with E-state index >= 15 is 0 Å². The van der Waals surface area contributed by atoms with Crippen LogP contribution in [0.25, 0.3) is 0 Å². The predicted molar refractivity (Wildman–Crippen MR) is 97.7 cm³/mol. The smallest absolute Gasteiger partial charge is 0.0368 e. The molecule has 0 spiro atoms. The van der Waals surface area contributed by atoms with Gasteiger partial charge in [0.05, 0.1) is 0 Å². The maximum Gasteiger partial charge on any atom is 0.0368 e. The Balaban J connectivity index is 1.99. The molecule has 0 aromatic heterocycles. The second-order valence-electron chi connectivity index (χ2n) is 5.92. The highest BCUT2D eigenvalue weighted by Gasteiger charge is 2.06. The van der Waals surface area contributed by atoms with E-state index in [4.69, 9.17) is 11.5 Å². The van der Waals surface area contributed by atoms with Crippen LogP contribution in [0.15, 0.2) is 36.4 Å². The van der Waals surface area contributed by atoms with Crippen molar-refractivity contribution < 1.29 is 0 Å². The van der Waals surface area contributed by atoms with Gasteiger partial charge in [0.1, 0.15) is 0 Å². The van der Waals surface area contributed by atoms with Gasteiger partial charge in [0.15, 0.2) is 0 Å². The summed E-state index contributed by atoms with van der Waals surface area (Å²) in [5.74, 6) is 0. The molecule has 22 heavy (non-hydrogen) atoms. The van der Waals surface area contributed by atoms with Gasteiger partial charge in [-0.2, -0.15) is 0 Å². The summed E-state index contributed by atoms with van der Waals surface area (Å²) in [7, 11) is 4.21. The summed E-state index contributed by atoms with van der Waals surface area (Å²) in [6.07, 6.45) is 0. The molecule has 0 fully saturated rings. The topological polar surface area (TPSA) is 58.5 Å². The van der Waals surface area contributed by atoms with Gasteiger partial charge in [-0.15, -0.1) is 0 Å². The average molecular weight is 298 g/mol. The van der Waals surface area contributed by atoms with Crippen LogP contribution in [0.1, 0.15) is 11.1 Å². The van der Waals surface area contributed by atoms with Crippen molar-refractivity contribution in [1.29, 1.82) is 0 Å². The lowest BCUT2D eigenvalue weighted by atomic mass is 10.1. The van der Waals surface area contributed by atoms with Crippen molar-refractivity contribution >= 4 is 22.7 Å². The zero-order chi connectivity index (χ0) is 16.3. The summed E-state index contributed by atoms with van der Waals surface area (Å²) in [6, 6.07) is 12.3. The van der Waals surface area contributed by atoms with Crippen molar-refractivity contribution in [3.63, 3.8) is 0 Å². The molecule has 0 aliphatic heterocycles. The van der Waals surface area contributed by atoms with Crippen LogP contribution < -0.4 is 21.3 Å². The highest BCUT2D eigenvalue weighted by Crippen LogP contribution is 2.21. The van der Waals surface area contributed by atoms with Crippen LogP contribution in [-0.4, -0.2) is 27.2 Å². The summed E-state index contributed by atoms with van der Waals surface area (Å²) in [6.45, 7) is 5.94. The van der Waals surface area contributed by atoms with Gasteiger partial charge in [0.25, 0.3) is 0 Å². The minimum atomic E-state index is 0.839. The molecule has 2 rings (SSSR count). The molecule has 4 heteroatoms. The summed E-state index contributed by atoms with van der Waals surface area (Å²) in [5.41, 5.74) is 18.0. The van der Waals surface area contributed by atoms with Crippen molar-refractivity contribution in [1.82, 2.24) is 0 Å². The lowest BCUT2D eigenvalue weighted by Gasteiger charge is -2.26. The second-order valence-corrected chi connectivity index (χ2v) is 5.92. The van der Waals surface area contributed by atoms with Crippen LogP contribution >= 0.6 is 0 Å². The molecule has 2 aromatic rings. The van der Waals surface area contributed by atoms with E-state index in [0.29, 0.717) is 0 Å². The summed E-state index contributed by atoms with van der Waals surface area (Å²) in [4.78, 5) is 4.49. The molecule has 0 amide bonds. The number of hydrogen-bond donors (Lipinski definition) is 2. The van der Waals surface area contributed by atoms with Gasteiger partial charge in [-0.1, -0.05) is 0 Å². The van der Waals surface area contributed by atoms with Gasteiger partial charge in [-0.3, -0.25) is 0 Å². The molecule has 2 aromatic carbocycles. The van der Waals surface area contributed by atoms with Gasteiger partial charge >= 0.3 is 0 Å². The summed E-state index contributed by atoms with van der Waals surface area (Å²) >= 11 is 0. The number of hydrogen-bond acceptors (Lipinski definition) is 4. The molecular weight excluding hydrogens is 272 g/mol. The fraction of sp³-hybridized carbons (Fsp3) is 0.333. The van der Waals surface area contributed by atoms with Crippen LogP contribution in [0, 0.1) is 13.8 Å². The molecule has 4 nitrogen and oxygen atoms in total. The Kier molecular flexibility index (Phi) is 4.81. The predicted octanol–water partition coefficient (Wildman–Crippen LogP) is 3.04. The lowest BCUT2D eigenvalue weighted by molar-refractivity contribution is 0.832. The van der Waals surface area contributed by atoms with Crippen molar-refractivity contribution in [2.75, 3.05) is 48.5 Å². The maximum absolute atomic E-state index is 5.88. The molecule has 0 atom stereocenters. The molecule has 0 bridgehead atoms. The molecule has 4 N–H and O–H groups in total. The Hall–Kier alpha value is -2.36.